The molecular formula is C14H23N3O. The van der Waals surface area contributed by atoms with Gasteiger partial charge in [0.15, 0.2) is 0 Å². The highest BCUT2D eigenvalue weighted by Crippen LogP contribution is 2.43. The van der Waals surface area contributed by atoms with E-state index in [0.717, 1.165) is 26.0 Å². The molecule has 1 aliphatic carbocycles. The van der Waals surface area contributed by atoms with E-state index in [1.807, 2.05) is 13.2 Å². The van der Waals surface area contributed by atoms with Gasteiger partial charge in [-0.1, -0.05) is 12.8 Å². The van der Waals surface area contributed by atoms with Crippen molar-refractivity contribution in [1.29, 1.82) is 0 Å². The van der Waals surface area contributed by atoms with E-state index in [9.17, 15) is 0 Å². The van der Waals surface area contributed by atoms with Crippen molar-refractivity contribution in [2.45, 2.75) is 56.7 Å². The number of nitrogens with one attached hydrogen (secondary N) is 1. The summed E-state index contributed by atoms with van der Waals surface area (Å²) in [6.45, 7) is 1.79. The van der Waals surface area contributed by atoms with Gasteiger partial charge in [0, 0.05) is 24.9 Å². The van der Waals surface area contributed by atoms with Crippen LogP contribution in [0.1, 0.15) is 50.1 Å². The standard InChI is InChI=1S/C14H23N3O/c1-15-9-12-10-16-17(11-12)13-4-7-18-14(8-13)5-2-3-6-14/h10-11,13,15H,2-9H2,1H3. The van der Waals surface area contributed by atoms with Crippen LogP contribution in [0.25, 0.3) is 0 Å². The van der Waals surface area contributed by atoms with Crippen molar-refractivity contribution in [3.8, 4) is 0 Å². The molecule has 1 saturated carbocycles. The van der Waals surface area contributed by atoms with Gasteiger partial charge in [0.1, 0.15) is 0 Å². The quantitative estimate of drug-likeness (QED) is 0.893. The van der Waals surface area contributed by atoms with E-state index in [1.54, 1.807) is 0 Å². The number of nitrogens with zero attached hydrogens (tertiary/aromatic N) is 2. The lowest BCUT2D eigenvalue weighted by Gasteiger charge is -2.38. The van der Waals surface area contributed by atoms with Gasteiger partial charge in [0.2, 0.25) is 0 Å². The second-order valence-corrected chi connectivity index (χ2v) is 5.74. The molecule has 4 heteroatoms. The molecule has 18 heavy (non-hydrogen) atoms. The maximum atomic E-state index is 6.08. The highest BCUT2D eigenvalue weighted by atomic mass is 16.5. The van der Waals surface area contributed by atoms with Crippen LogP contribution >= 0.6 is 0 Å². The third-order valence-corrected chi connectivity index (χ3v) is 4.39. The van der Waals surface area contributed by atoms with Gasteiger partial charge in [-0.2, -0.15) is 5.10 Å². The summed E-state index contributed by atoms with van der Waals surface area (Å²) in [7, 11) is 1.97. The summed E-state index contributed by atoms with van der Waals surface area (Å²) in [5.74, 6) is 0. The zero-order valence-electron chi connectivity index (χ0n) is 11.2. The minimum atomic E-state index is 0.179. The summed E-state index contributed by atoms with van der Waals surface area (Å²) in [4.78, 5) is 0. The molecule has 0 radical (unpaired) electrons. The Balaban J connectivity index is 1.71. The Labute approximate surface area is 109 Å². The zero-order chi connectivity index (χ0) is 12.4. The maximum Gasteiger partial charge on any atom is 0.0703 e. The van der Waals surface area contributed by atoms with Gasteiger partial charge in [-0.05, 0) is 32.7 Å². The minimum absolute atomic E-state index is 0.179. The Morgan fingerprint density at radius 3 is 3.11 bits per heavy atom. The molecule has 0 amide bonds. The fourth-order valence-corrected chi connectivity index (χ4v) is 3.47. The number of hydrogen-bond acceptors (Lipinski definition) is 3. The monoisotopic (exact) mass is 249 g/mol. The molecule has 2 aliphatic rings. The Bertz CT molecular complexity index is 395. The van der Waals surface area contributed by atoms with E-state index < -0.39 is 0 Å². The average Bonchev–Trinajstić information content (AvgIpc) is 3.00. The van der Waals surface area contributed by atoms with Crippen molar-refractivity contribution in [3.63, 3.8) is 0 Å². The van der Waals surface area contributed by atoms with Crippen LogP contribution in [0.2, 0.25) is 0 Å². The largest absolute Gasteiger partial charge is 0.375 e. The van der Waals surface area contributed by atoms with Gasteiger partial charge in [-0.25, -0.2) is 0 Å². The smallest absolute Gasteiger partial charge is 0.0703 e. The number of rotatable bonds is 3. The molecule has 2 fully saturated rings. The van der Waals surface area contributed by atoms with Crippen molar-refractivity contribution in [3.05, 3.63) is 18.0 Å². The third kappa shape index (κ3) is 2.31. The second kappa shape index (κ2) is 5.02. The summed E-state index contributed by atoms with van der Waals surface area (Å²) >= 11 is 0. The highest BCUT2D eigenvalue weighted by molar-refractivity contribution is 5.05. The van der Waals surface area contributed by atoms with E-state index >= 15 is 0 Å². The van der Waals surface area contributed by atoms with Crippen LogP contribution in [0.3, 0.4) is 0 Å². The van der Waals surface area contributed by atoms with Gasteiger partial charge >= 0.3 is 0 Å². The SMILES string of the molecule is CNCc1cnn(C2CCOC3(CCCC3)C2)c1. The summed E-state index contributed by atoms with van der Waals surface area (Å²) in [6.07, 6.45) is 11.6. The Hall–Kier alpha value is -0.870. The first-order valence-corrected chi connectivity index (χ1v) is 7.13. The van der Waals surface area contributed by atoms with Crippen molar-refractivity contribution in [2.75, 3.05) is 13.7 Å². The predicted molar refractivity (Wildman–Crippen MR) is 70.4 cm³/mol. The molecule has 1 unspecified atom stereocenters. The van der Waals surface area contributed by atoms with Crippen LogP contribution in [0.5, 0.6) is 0 Å². The van der Waals surface area contributed by atoms with Crippen molar-refractivity contribution < 1.29 is 4.74 Å². The highest BCUT2D eigenvalue weighted by Gasteiger charge is 2.40. The summed E-state index contributed by atoms with van der Waals surface area (Å²) in [6, 6.07) is 0.530. The van der Waals surface area contributed by atoms with E-state index in [1.165, 1.54) is 31.2 Å². The molecule has 0 aromatic carbocycles. The van der Waals surface area contributed by atoms with E-state index in [2.05, 4.69) is 21.3 Å². The third-order valence-electron chi connectivity index (χ3n) is 4.39. The fraction of sp³-hybridized carbons (Fsp3) is 0.786. The molecule has 2 heterocycles. The lowest BCUT2D eigenvalue weighted by atomic mass is 9.89. The van der Waals surface area contributed by atoms with Crippen LogP contribution < -0.4 is 5.32 Å². The molecule has 1 aromatic rings. The lowest BCUT2D eigenvalue weighted by molar-refractivity contribution is -0.0910. The first-order valence-electron chi connectivity index (χ1n) is 7.13. The normalized spacial score (nSPS) is 26.8. The van der Waals surface area contributed by atoms with Crippen LogP contribution in [-0.4, -0.2) is 29.0 Å². The fourth-order valence-electron chi connectivity index (χ4n) is 3.47. The molecular weight excluding hydrogens is 226 g/mol. The van der Waals surface area contributed by atoms with Crippen molar-refractivity contribution in [2.24, 2.45) is 0 Å². The molecule has 1 N–H and O–H groups in total. The van der Waals surface area contributed by atoms with Gasteiger partial charge in [-0.3, -0.25) is 4.68 Å². The van der Waals surface area contributed by atoms with Gasteiger partial charge in [-0.15, -0.1) is 0 Å². The summed E-state index contributed by atoms with van der Waals surface area (Å²) in [5.41, 5.74) is 1.45. The van der Waals surface area contributed by atoms with Crippen LogP contribution in [-0.2, 0) is 11.3 Å². The topological polar surface area (TPSA) is 39.1 Å². The molecule has 1 spiro atoms. The number of ether oxygens (including phenoxy) is 1. The van der Waals surface area contributed by atoms with Crippen molar-refractivity contribution in [1.82, 2.24) is 15.1 Å². The Morgan fingerprint density at radius 1 is 1.50 bits per heavy atom. The van der Waals surface area contributed by atoms with E-state index in [-0.39, 0.29) is 5.60 Å². The average molecular weight is 249 g/mol. The summed E-state index contributed by atoms with van der Waals surface area (Å²) < 4.78 is 8.24. The Kier molecular flexibility index (Phi) is 3.39. The molecule has 0 bridgehead atoms. The molecule has 1 aromatic heterocycles. The molecule has 1 aliphatic heterocycles. The van der Waals surface area contributed by atoms with E-state index in [4.69, 9.17) is 4.74 Å². The first kappa shape index (κ1) is 12.2. The molecule has 4 nitrogen and oxygen atoms in total. The first-order chi connectivity index (χ1) is 8.81. The van der Waals surface area contributed by atoms with Gasteiger partial charge < -0.3 is 10.1 Å². The molecule has 100 valence electrons. The molecule has 3 rings (SSSR count). The summed E-state index contributed by atoms with van der Waals surface area (Å²) in [5, 5.41) is 7.70. The number of aromatic nitrogens is 2. The predicted octanol–water partition coefficient (Wildman–Crippen LogP) is 2.27. The second-order valence-electron chi connectivity index (χ2n) is 5.74. The van der Waals surface area contributed by atoms with Gasteiger partial charge in [0.05, 0.1) is 17.8 Å². The minimum Gasteiger partial charge on any atom is -0.375 e. The van der Waals surface area contributed by atoms with Gasteiger partial charge in [0.25, 0.3) is 0 Å². The van der Waals surface area contributed by atoms with Crippen LogP contribution in [0, 0.1) is 0 Å². The number of hydrogen-bond donors (Lipinski definition) is 1. The zero-order valence-corrected chi connectivity index (χ0v) is 11.2. The lowest BCUT2D eigenvalue weighted by Crippen LogP contribution is -2.38. The maximum absolute atomic E-state index is 6.08. The van der Waals surface area contributed by atoms with Crippen LogP contribution in [0.4, 0.5) is 0 Å². The van der Waals surface area contributed by atoms with E-state index in [0.29, 0.717) is 6.04 Å². The van der Waals surface area contributed by atoms with Crippen LogP contribution in [0.15, 0.2) is 12.4 Å². The molecule has 1 atom stereocenters. The Morgan fingerprint density at radius 2 is 2.33 bits per heavy atom. The van der Waals surface area contributed by atoms with Crippen molar-refractivity contribution >= 4 is 0 Å². The molecule has 1 saturated heterocycles.